The summed E-state index contributed by atoms with van der Waals surface area (Å²) >= 11 is 1.58. The number of nitrogens with one attached hydrogen (secondary N) is 1. The molecular weight excluding hydrogens is 284 g/mol. The molecule has 0 amide bonds. The second-order valence-electron chi connectivity index (χ2n) is 6.54. The minimum absolute atomic E-state index is 0.0329. The monoisotopic (exact) mass is 304 g/mol. The van der Waals surface area contributed by atoms with Gasteiger partial charge in [0.1, 0.15) is 5.01 Å². The summed E-state index contributed by atoms with van der Waals surface area (Å²) in [4.78, 5) is 16.7. The first-order chi connectivity index (χ1) is 9.91. The maximum absolute atomic E-state index is 12.1. The lowest BCUT2D eigenvalue weighted by Gasteiger charge is -2.14. The molecule has 0 aliphatic heterocycles. The molecule has 1 aliphatic rings. The fraction of sp³-hybridized carbons (Fsp3) is 0.533. The van der Waals surface area contributed by atoms with Gasteiger partial charge in [0, 0.05) is 22.9 Å². The van der Waals surface area contributed by atoms with Gasteiger partial charge >= 0.3 is 0 Å². The number of anilines is 1. The SMILES string of the molecule is CC(C)(C)c1csc(Cn2ncc(NC3CC3)cc2=O)n1. The standard InChI is InChI=1S/C15H20N4OS/c1-15(2,3)12-9-21-13(18-12)8-19-14(20)6-11(7-16-19)17-10-4-5-10/h6-7,9-10,17H,4-5,8H2,1-3H3. The third-order valence-corrected chi connectivity index (χ3v) is 4.26. The molecule has 1 aliphatic carbocycles. The molecule has 1 fully saturated rings. The van der Waals surface area contributed by atoms with Crippen LogP contribution < -0.4 is 10.9 Å². The zero-order valence-corrected chi connectivity index (χ0v) is 13.4. The maximum Gasteiger partial charge on any atom is 0.269 e. The van der Waals surface area contributed by atoms with Gasteiger partial charge in [-0.25, -0.2) is 9.67 Å². The topological polar surface area (TPSA) is 59.8 Å². The minimum atomic E-state index is -0.0897. The Kier molecular flexibility index (Phi) is 3.57. The predicted octanol–water partition coefficient (Wildman–Crippen LogP) is 2.62. The molecule has 0 radical (unpaired) electrons. The highest BCUT2D eigenvalue weighted by atomic mass is 32.1. The number of hydrogen-bond acceptors (Lipinski definition) is 5. The van der Waals surface area contributed by atoms with Crippen molar-refractivity contribution in [2.24, 2.45) is 0 Å². The van der Waals surface area contributed by atoms with Crippen LogP contribution in [0.5, 0.6) is 0 Å². The van der Waals surface area contributed by atoms with E-state index in [1.54, 1.807) is 23.6 Å². The van der Waals surface area contributed by atoms with E-state index in [2.05, 4.69) is 41.6 Å². The van der Waals surface area contributed by atoms with E-state index in [-0.39, 0.29) is 11.0 Å². The lowest BCUT2D eigenvalue weighted by Crippen LogP contribution is -2.23. The molecule has 6 heteroatoms. The molecule has 0 bridgehead atoms. The van der Waals surface area contributed by atoms with E-state index in [0.29, 0.717) is 12.6 Å². The molecule has 0 atom stereocenters. The molecule has 0 spiro atoms. The lowest BCUT2D eigenvalue weighted by molar-refractivity contribution is 0.565. The fourth-order valence-electron chi connectivity index (χ4n) is 1.95. The van der Waals surface area contributed by atoms with Gasteiger partial charge in [0.05, 0.1) is 24.1 Å². The van der Waals surface area contributed by atoms with E-state index >= 15 is 0 Å². The molecular formula is C15H20N4OS. The van der Waals surface area contributed by atoms with Gasteiger partial charge in [0.15, 0.2) is 0 Å². The Morgan fingerprint density at radius 2 is 2.19 bits per heavy atom. The smallest absolute Gasteiger partial charge is 0.269 e. The van der Waals surface area contributed by atoms with Crippen LogP contribution >= 0.6 is 11.3 Å². The highest BCUT2D eigenvalue weighted by molar-refractivity contribution is 7.09. The third kappa shape index (κ3) is 3.50. The summed E-state index contributed by atoms with van der Waals surface area (Å²) in [6, 6.07) is 2.14. The Morgan fingerprint density at radius 1 is 1.43 bits per heavy atom. The van der Waals surface area contributed by atoms with Crippen molar-refractivity contribution in [2.45, 2.75) is 51.6 Å². The van der Waals surface area contributed by atoms with Crippen LogP contribution in [0.25, 0.3) is 0 Å². The van der Waals surface area contributed by atoms with Gasteiger partial charge in [-0.3, -0.25) is 4.79 Å². The van der Waals surface area contributed by atoms with Crippen LogP contribution in [0.4, 0.5) is 5.69 Å². The van der Waals surface area contributed by atoms with Gasteiger partial charge in [0.25, 0.3) is 5.56 Å². The zero-order chi connectivity index (χ0) is 15.0. The number of rotatable bonds is 4. The second-order valence-corrected chi connectivity index (χ2v) is 7.48. The summed E-state index contributed by atoms with van der Waals surface area (Å²) < 4.78 is 1.46. The molecule has 21 heavy (non-hydrogen) atoms. The van der Waals surface area contributed by atoms with E-state index in [0.717, 1.165) is 16.4 Å². The molecule has 2 aromatic heterocycles. The molecule has 0 aromatic carbocycles. The van der Waals surface area contributed by atoms with Gasteiger partial charge < -0.3 is 5.32 Å². The number of hydrogen-bond donors (Lipinski definition) is 1. The van der Waals surface area contributed by atoms with Crippen LogP contribution in [0.3, 0.4) is 0 Å². The molecule has 3 rings (SSSR count). The van der Waals surface area contributed by atoms with E-state index in [1.807, 2.05) is 0 Å². The Balaban J connectivity index is 1.75. The normalized spacial score (nSPS) is 15.2. The third-order valence-electron chi connectivity index (χ3n) is 3.42. The van der Waals surface area contributed by atoms with E-state index in [4.69, 9.17) is 0 Å². The molecule has 1 N–H and O–H groups in total. The first-order valence-corrected chi connectivity index (χ1v) is 8.08. The Labute approximate surface area is 128 Å². The van der Waals surface area contributed by atoms with Crippen LogP contribution in [0.15, 0.2) is 22.4 Å². The van der Waals surface area contributed by atoms with Crippen LogP contribution in [0.2, 0.25) is 0 Å². The summed E-state index contributed by atoms with van der Waals surface area (Å²) in [5.74, 6) is 0. The highest BCUT2D eigenvalue weighted by Gasteiger charge is 2.21. The minimum Gasteiger partial charge on any atom is -0.381 e. The number of thiazole rings is 1. The average molecular weight is 304 g/mol. The maximum atomic E-state index is 12.1. The Bertz CT molecular complexity index is 694. The van der Waals surface area contributed by atoms with Crippen molar-refractivity contribution in [3.8, 4) is 0 Å². The van der Waals surface area contributed by atoms with Crippen molar-refractivity contribution >= 4 is 17.0 Å². The van der Waals surface area contributed by atoms with Crippen molar-refractivity contribution in [2.75, 3.05) is 5.32 Å². The second kappa shape index (κ2) is 5.26. The fourth-order valence-corrected chi connectivity index (χ4v) is 2.95. The van der Waals surface area contributed by atoms with Gasteiger partial charge in [-0.15, -0.1) is 11.3 Å². The van der Waals surface area contributed by atoms with Gasteiger partial charge in [0.2, 0.25) is 0 Å². The van der Waals surface area contributed by atoms with E-state index < -0.39 is 0 Å². The van der Waals surface area contributed by atoms with Gasteiger partial charge in [-0.05, 0) is 12.8 Å². The highest BCUT2D eigenvalue weighted by Crippen LogP contribution is 2.24. The van der Waals surface area contributed by atoms with Crippen molar-refractivity contribution < 1.29 is 0 Å². The summed E-state index contributed by atoms with van der Waals surface area (Å²) in [6.07, 6.45) is 4.08. The van der Waals surface area contributed by atoms with Crippen LogP contribution in [0.1, 0.15) is 44.3 Å². The van der Waals surface area contributed by atoms with Crippen LogP contribution in [-0.4, -0.2) is 20.8 Å². The van der Waals surface area contributed by atoms with E-state index in [9.17, 15) is 4.79 Å². The summed E-state index contributed by atoms with van der Waals surface area (Å²) in [7, 11) is 0. The van der Waals surface area contributed by atoms with Crippen molar-refractivity contribution in [1.82, 2.24) is 14.8 Å². The van der Waals surface area contributed by atoms with Crippen LogP contribution in [-0.2, 0) is 12.0 Å². The summed E-state index contributed by atoms with van der Waals surface area (Å²) in [6.45, 7) is 6.83. The van der Waals surface area contributed by atoms with Crippen molar-refractivity contribution in [3.63, 3.8) is 0 Å². The number of nitrogens with zero attached hydrogens (tertiary/aromatic N) is 3. The summed E-state index contributed by atoms with van der Waals surface area (Å²) in [5, 5.41) is 10.5. The van der Waals surface area contributed by atoms with Crippen molar-refractivity contribution in [3.05, 3.63) is 38.7 Å². The van der Waals surface area contributed by atoms with E-state index in [1.165, 1.54) is 17.5 Å². The van der Waals surface area contributed by atoms with Crippen LogP contribution in [0, 0.1) is 0 Å². The molecule has 2 aromatic rings. The molecule has 112 valence electrons. The lowest BCUT2D eigenvalue weighted by atomic mass is 9.93. The largest absolute Gasteiger partial charge is 0.381 e. The molecule has 0 unspecified atom stereocenters. The molecule has 0 saturated heterocycles. The summed E-state index contributed by atoms with van der Waals surface area (Å²) in [5.41, 5.74) is 1.81. The molecule has 2 heterocycles. The Hall–Kier alpha value is -1.69. The predicted molar refractivity (Wildman–Crippen MR) is 85.1 cm³/mol. The molecule has 1 saturated carbocycles. The molecule has 5 nitrogen and oxygen atoms in total. The quantitative estimate of drug-likeness (QED) is 0.943. The Morgan fingerprint density at radius 3 is 2.76 bits per heavy atom. The van der Waals surface area contributed by atoms with Gasteiger partial charge in [-0.2, -0.15) is 5.10 Å². The van der Waals surface area contributed by atoms with Gasteiger partial charge in [-0.1, -0.05) is 20.8 Å². The first-order valence-electron chi connectivity index (χ1n) is 7.20. The first kappa shape index (κ1) is 14.3. The van der Waals surface area contributed by atoms with Crippen molar-refractivity contribution in [1.29, 1.82) is 0 Å². The zero-order valence-electron chi connectivity index (χ0n) is 12.6. The number of aromatic nitrogens is 3. The average Bonchev–Trinajstić information content (AvgIpc) is 3.07.